The zero-order chi connectivity index (χ0) is 18.6. The maximum atomic E-state index is 12.7. The molecular weight excluding hydrogens is 470 g/mol. The third kappa shape index (κ3) is 6.02. The topological polar surface area (TPSA) is 49.6 Å². The van der Waals surface area contributed by atoms with Crippen LogP contribution in [0.2, 0.25) is 0 Å². The van der Waals surface area contributed by atoms with E-state index < -0.39 is 12.1 Å². The van der Waals surface area contributed by atoms with E-state index >= 15 is 0 Å². The first-order valence-electron chi connectivity index (χ1n) is 8.97. The third-order valence-corrected chi connectivity index (χ3v) is 4.89. The zero-order valence-corrected chi connectivity index (χ0v) is 17.5. The summed E-state index contributed by atoms with van der Waals surface area (Å²) in [5.74, 6) is 0.347. The summed E-state index contributed by atoms with van der Waals surface area (Å²) < 4.78 is 44.0. The standard InChI is InChI=1S/C19H24F3N3O.HI/c1-23-18(25-15-8-6-14(7-9-15)19(20,21)22)24-11-10-16-12-13-4-2-3-5-17(13)26-16;/h2-5,12,14-15H,6-11H2,1H3,(H2,23,24,25);1H. The van der Waals surface area contributed by atoms with E-state index in [9.17, 15) is 13.2 Å². The van der Waals surface area contributed by atoms with Crippen LogP contribution in [-0.4, -0.2) is 31.8 Å². The van der Waals surface area contributed by atoms with Crippen molar-refractivity contribution < 1.29 is 17.6 Å². The summed E-state index contributed by atoms with van der Waals surface area (Å²) in [6.45, 7) is 0.636. The van der Waals surface area contributed by atoms with Crippen molar-refractivity contribution in [1.29, 1.82) is 0 Å². The summed E-state index contributed by atoms with van der Waals surface area (Å²) in [5.41, 5.74) is 0.867. The van der Waals surface area contributed by atoms with Crippen LogP contribution in [0.1, 0.15) is 31.4 Å². The maximum absolute atomic E-state index is 12.7. The maximum Gasteiger partial charge on any atom is 0.391 e. The molecule has 0 atom stereocenters. The molecule has 4 nitrogen and oxygen atoms in total. The second kappa shape index (κ2) is 9.66. The van der Waals surface area contributed by atoms with Crippen LogP contribution in [0.5, 0.6) is 0 Å². The lowest BCUT2D eigenvalue weighted by atomic mass is 9.85. The molecular formula is C19H25F3IN3O. The van der Waals surface area contributed by atoms with E-state index in [0.717, 1.165) is 16.7 Å². The number of rotatable bonds is 4. The van der Waals surface area contributed by atoms with Gasteiger partial charge in [0, 0.05) is 31.4 Å². The summed E-state index contributed by atoms with van der Waals surface area (Å²) >= 11 is 0. The molecule has 0 aliphatic heterocycles. The van der Waals surface area contributed by atoms with Gasteiger partial charge in [-0.2, -0.15) is 13.2 Å². The van der Waals surface area contributed by atoms with E-state index in [4.69, 9.17) is 4.42 Å². The molecule has 1 fully saturated rings. The SMILES string of the molecule is CN=C(NCCc1cc2ccccc2o1)NC1CCC(C(F)(F)F)CC1.I. The lowest BCUT2D eigenvalue weighted by molar-refractivity contribution is -0.182. The number of para-hydroxylation sites is 1. The minimum Gasteiger partial charge on any atom is -0.461 e. The molecule has 27 heavy (non-hydrogen) atoms. The fourth-order valence-corrected chi connectivity index (χ4v) is 3.42. The zero-order valence-electron chi connectivity index (χ0n) is 15.2. The number of hydrogen-bond donors (Lipinski definition) is 2. The van der Waals surface area contributed by atoms with E-state index in [1.807, 2.05) is 30.3 Å². The van der Waals surface area contributed by atoms with Crippen LogP contribution in [0.4, 0.5) is 13.2 Å². The number of halogens is 4. The van der Waals surface area contributed by atoms with Gasteiger partial charge in [0.05, 0.1) is 5.92 Å². The second-order valence-corrected chi connectivity index (χ2v) is 6.73. The number of nitrogens with zero attached hydrogens (tertiary/aromatic N) is 1. The molecule has 1 saturated carbocycles. The molecule has 8 heteroatoms. The van der Waals surface area contributed by atoms with Crippen LogP contribution in [0.25, 0.3) is 11.0 Å². The highest BCUT2D eigenvalue weighted by Gasteiger charge is 2.41. The van der Waals surface area contributed by atoms with Gasteiger partial charge in [-0.1, -0.05) is 18.2 Å². The summed E-state index contributed by atoms with van der Waals surface area (Å²) in [4.78, 5) is 4.17. The predicted molar refractivity (Wildman–Crippen MR) is 112 cm³/mol. The minimum absolute atomic E-state index is 0. The van der Waals surface area contributed by atoms with Crippen molar-refractivity contribution in [3.05, 3.63) is 36.1 Å². The first kappa shape index (κ1) is 21.8. The van der Waals surface area contributed by atoms with Crippen LogP contribution >= 0.6 is 24.0 Å². The van der Waals surface area contributed by atoms with E-state index in [2.05, 4.69) is 15.6 Å². The highest BCUT2D eigenvalue weighted by Crippen LogP contribution is 2.37. The average molecular weight is 495 g/mol. The normalized spacial score (nSPS) is 21.0. The third-order valence-electron chi connectivity index (χ3n) is 4.89. The largest absolute Gasteiger partial charge is 0.461 e. The highest BCUT2D eigenvalue weighted by molar-refractivity contribution is 14.0. The van der Waals surface area contributed by atoms with E-state index in [0.29, 0.717) is 31.8 Å². The predicted octanol–water partition coefficient (Wildman–Crippen LogP) is 4.88. The Labute approximate surface area is 174 Å². The van der Waals surface area contributed by atoms with Crippen LogP contribution < -0.4 is 10.6 Å². The number of benzene rings is 1. The van der Waals surface area contributed by atoms with Gasteiger partial charge >= 0.3 is 6.18 Å². The highest BCUT2D eigenvalue weighted by atomic mass is 127. The van der Waals surface area contributed by atoms with Crippen LogP contribution in [0.15, 0.2) is 39.7 Å². The van der Waals surface area contributed by atoms with E-state index in [1.54, 1.807) is 7.05 Å². The van der Waals surface area contributed by atoms with Gasteiger partial charge < -0.3 is 15.1 Å². The average Bonchev–Trinajstić information content (AvgIpc) is 3.03. The number of nitrogens with one attached hydrogen (secondary N) is 2. The van der Waals surface area contributed by atoms with Gasteiger partial charge in [0.25, 0.3) is 0 Å². The Bertz CT molecular complexity index is 719. The molecule has 1 heterocycles. The Morgan fingerprint density at radius 3 is 2.52 bits per heavy atom. The molecule has 3 rings (SSSR count). The van der Waals surface area contributed by atoms with Gasteiger partial charge in [0.1, 0.15) is 11.3 Å². The molecule has 2 aromatic rings. The Kier molecular flexibility index (Phi) is 7.81. The number of fused-ring (bicyclic) bond motifs is 1. The molecule has 0 unspecified atom stereocenters. The summed E-state index contributed by atoms with van der Waals surface area (Å²) in [7, 11) is 1.66. The fourth-order valence-electron chi connectivity index (χ4n) is 3.42. The van der Waals surface area contributed by atoms with Crippen molar-refractivity contribution in [2.24, 2.45) is 10.9 Å². The molecule has 1 aliphatic carbocycles. The van der Waals surface area contributed by atoms with Crippen molar-refractivity contribution in [1.82, 2.24) is 10.6 Å². The van der Waals surface area contributed by atoms with Gasteiger partial charge in [-0.25, -0.2) is 0 Å². The Balaban J connectivity index is 0.00000261. The Hall–Kier alpha value is -1.45. The minimum atomic E-state index is -4.07. The quantitative estimate of drug-likeness (QED) is 0.361. The first-order chi connectivity index (χ1) is 12.5. The number of guanidine groups is 1. The van der Waals surface area contributed by atoms with Gasteiger partial charge in [0.2, 0.25) is 0 Å². The number of hydrogen-bond acceptors (Lipinski definition) is 2. The summed E-state index contributed by atoms with van der Waals surface area (Å²) in [5, 5.41) is 7.51. The summed E-state index contributed by atoms with van der Waals surface area (Å²) in [6.07, 6.45) is -2.00. The van der Waals surface area contributed by atoms with Gasteiger partial charge in [-0.05, 0) is 37.8 Å². The molecule has 1 aliphatic rings. The number of furan rings is 1. The Morgan fingerprint density at radius 2 is 1.89 bits per heavy atom. The fraction of sp³-hybridized carbons (Fsp3) is 0.526. The van der Waals surface area contributed by atoms with E-state index in [1.165, 1.54) is 0 Å². The lowest BCUT2D eigenvalue weighted by Crippen LogP contribution is -2.46. The van der Waals surface area contributed by atoms with Crippen molar-refractivity contribution in [3.63, 3.8) is 0 Å². The van der Waals surface area contributed by atoms with Crippen LogP contribution in [0, 0.1) is 5.92 Å². The van der Waals surface area contributed by atoms with Crippen molar-refractivity contribution in [2.75, 3.05) is 13.6 Å². The number of alkyl halides is 3. The molecule has 0 spiro atoms. The molecule has 2 N–H and O–H groups in total. The van der Waals surface area contributed by atoms with Gasteiger partial charge in [0.15, 0.2) is 5.96 Å². The lowest BCUT2D eigenvalue weighted by Gasteiger charge is -2.31. The van der Waals surface area contributed by atoms with Crippen molar-refractivity contribution in [3.8, 4) is 0 Å². The molecule has 0 amide bonds. The Morgan fingerprint density at radius 1 is 1.19 bits per heavy atom. The molecule has 1 aromatic carbocycles. The molecule has 0 saturated heterocycles. The van der Waals surface area contributed by atoms with Crippen LogP contribution in [-0.2, 0) is 6.42 Å². The van der Waals surface area contributed by atoms with Crippen LogP contribution in [0.3, 0.4) is 0 Å². The van der Waals surface area contributed by atoms with Crippen molar-refractivity contribution in [2.45, 2.75) is 44.3 Å². The van der Waals surface area contributed by atoms with E-state index in [-0.39, 0.29) is 42.9 Å². The molecule has 1 aromatic heterocycles. The van der Waals surface area contributed by atoms with Gasteiger partial charge in [-0.15, -0.1) is 24.0 Å². The number of aliphatic imine (C=N–C) groups is 1. The summed E-state index contributed by atoms with van der Waals surface area (Å²) in [6, 6.07) is 9.90. The smallest absolute Gasteiger partial charge is 0.391 e. The monoisotopic (exact) mass is 495 g/mol. The second-order valence-electron chi connectivity index (χ2n) is 6.73. The van der Waals surface area contributed by atoms with Gasteiger partial charge in [-0.3, -0.25) is 4.99 Å². The first-order valence-corrected chi connectivity index (χ1v) is 8.97. The van der Waals surface area contributed by atoms with Crippen molar-refractivity contribution >= 4 is 40.9 Å². The molecule has 0 radical (unpaired) electrons. The molecule has 150 valence electrons. The molecule has 0 bridgehead atoms.